The van der Waals surface area contributed by atoms with Crippen molar-refractivity contribution < 1.29 is 13.2 Å². The highest BCUT2D eigenvalue weighted by atomic mass is 32.2. The molecule has 134 valence electrons. The summed E-state index contributed by atoms with van der Waals surface area (Å²) >= 11 is 0. The molecule has 0 atom stereocenters. The molecule has 0 unspecified atom stereocenters. The molecule has 0 aliphatic carbocycles. The monoisotopic (exact) mass is 376 g/mol. The normalized spacial score (nSPS) is 17.0. The van der Waals surface area contributed by atoms with Gasteiger partial charge in [0.05, 0.1) is 11.4 Å². The molecule has 0 saturated carbocycles. The van der Waals surface area contributed by atoms with Gasteiger partial charge in [-0.3, -0.25) is 14.1 Å². The standard InChI is InChI=1S/C21H16N2O3S/c24-21-18-8-4-5-9-20(18)27(25,26)23(15-17-6-2-1-3-7-17)19(21)14-16-10-12-22-13-11-16/h1-14H,15H2. The molecule has 6 heteroatoms. The fourth-order valence-corrected chi connectivity index (χ4v) is 4.69. The fraction of sp³-hybridized carbons (Fsp3) is 0.0476. The Bertz CT molecular complexity index is 1120. The smallest absolute Gasteiger partial charge is 0.265 e. The topological polar surface area (TPSA) is 67.3 Å². The molecule has 0 amide bonds. The molecule has 27 heavy (non-hydrogen) atoms. The van der Waals surface area contributed by atoms with Crippen LogP contribution < -0.4 is 0 Å². The van der Waals surface area contributed by atoms with Gasteiger partial charge in [0.15, 0.2) is 0 Å². The van der Waals surface area contributed by atoms with E-state index in [1.807, 2.05) is 30.3 Å². The third-order valence-corrected chi connectivity index (χ3v) is 6.20. The van der Waals surface area contributed by atoms with Gasteiger partial charge in [-0.1, -0.05) is 42.5 Å². The minimum atomic E-state index is -3.85. The third kappa shape index (κ3) is 3.15. The van der Waals surface area contributed by atoms with Crippen LogP contribution in [0, 0.1) is 0 Å². The number of hydrogen-bond donors (Lipinski definition) is 0. The molecule has 0 saturated heterocycles. The summed E-state index contributed by atoms with van der Waals surface area (Å²) in [4.78, 5) is 17.1. The number of fused-ring (bicyclic) bond motifs is 1. The molecular formula is C21H16N2O3S. The van der Waals surface area contributed by atoms with Crippen LogP contribution in [0.4, 0.5) is 0 Å². The van der Waals surface area contributed by atoms with Crippen molar-refractivity contribution in [3.8, 4) is 0 Å². The maximum atomic E-state index is 13.3. The van der Waals surface area contributed by atoms with Gasteiger partial charge in [0.2, 0.25) is 5.78 Å². The van der Waals surface area contributed by atoms with Crippen molar-refractivity contribution in [2.75, 3.05) is 0 Å². The summed E-state index contributed by atoms with van der Waals surface area (Å²) in [6, 6.07) is 19.0. The Kier molecular flexibility index (Phi) is 4.33. The van der Waals surface area contributed by atoms with Crippen molar-refractivity contribution in [1.29, 1.82) is 0 Å². The Hall–Kier alpha value is -3.25. The zero-order valence-corrected chi connectivity index (χ0v) is 15.1. The van der Waals surface area contributed by atoms with Gasteiger partial charge < -0.3 is 0 Å². The first-order chi connectivity index (χ1) is 13.1. The summed E-state index contributed by atoms with van der Waals surface area (Å²) in [5, 5.41) is 0. The fourth-order valence-electron chi connectivity index (χ4n) is 3.05. The summed E-state index contributed by atoms with van der Waals surface area (Å²) in [7, 11) is -3.85. The molecule has 0 fully saturated rings. The van der Waals surface area contributed by atoms with Crippen LogP contribution in [-0.2, 0) is 16.6 Å². The van der Waals surface area contributed by atoms with E-state index in [1.54, 1.807) is 48.8 Å². The molecule has 3 aromatic rings. The van der Waals surface area contributed by atoms with E-state index in [-0.39, 0.29) is 28.5 Å². The molecule has 0 radical (unpaired) electrons. The Morgan fingerprint density at radius 3 is 2.30 bits per heavy atom. The number of aromatic nitrogens is 1. The quantitative estimate of drug-likeness (QED) is 0.656. The number of pyridine rings is 1. The van der Waals surface area contributed by atoms with E-state index in [1.165, 1.54) is 10.4 Å². The average Bonchev–Trinajstić information content (AvgIpc) is 2.71. The van der Waals surface area contributed by atoms with E-state index in [4.69, 9.17) is 0 Å². The average molecular weight is 376 g/mol. The van der Waals surface area contributed by atoms with E-state index >= 15 is 0 Å². The van der Waals surface area contributed by atoms with Crippen molar-refractivity contribution >= 4 is 21.9 Å². The lowest BCUT2D eigenvalue weighted by atomic mass is 10.1. The summed E-state index contributed by atoms with van der Waals surface area (Å²) in [5.74, 6) is -0.312. The number of rotatable bonds is 3. The van der Waals surface area contributed by atoms with Crippen molar-refractivity contribution in [2.45, 2.75) is 11.4 Å². The number of benzene rings is 2. The first kappa shape index (κ1) is 17.2. The summed E-state index contributed by atoms with van der Waals surface area (Å²) < 4.78 is 27.7. The van der Waals surface area contributed by atoms with E-state index in [0.717, 1.165) is 5.56 Å². The van der Waals surface area contributed by atoms with Gasteiger partial charge >= 0.3 is 0 Å². The number of hydrogen-bond acceptors (Lipinski definition) is 4. The zero-order valence-electron chi connectivity index (χ0n) is 14.3. The second kappa shape index (κ2) is 6.81. The summed E-state index contributed by atoms with van der Waals surface area (Å²) in [6.07, 6.45) is 4.80. The number of allylic oxidation sites excluding steroid dienone is 1. The van der Waals surface area contributed by atoms with Crippen LogP contribution in [0.25, 0.3) is 6.08 Å². The Morgan fingerprint density at radius 2 is 1.56 bits per heavy atom. The number of carbonyl (C=O) groups excluding carboxylic acids is 1. The Balaban J connectivity index is 1.91. The molecule has 0 bridgehead atoms. The highest BCUT2D eigenvalue weighted by Crippen LogP contribution is 2.34. The predicted molar refractivity (Wildman–Crippen MR) is 102 cm³/mol. The molecule has 0 spiro atoms. The third-order valence-electron chi connectivity index (χ3n) is 4.38. The molecule has 2 aromatic carbocycles. The molecule has 4 rings (SSSR count). The van der Waals surface area contributed by atoms with Crippen LogP contribution in [0.3, 0.4) is 0 Å². The van der Waals surface area contributed by atoms with Crippen LogP contribution >= 0.6 is 0 Å². The Labute approximate surface area is 157 Å². The van der Waals surface area contributed by atoms with Crippen molar-refractivity contribution in [1.82, 2.24) is 9.29 Å². The SMILES string of the molecule is O=C1C(=Cc2ccncc2)N(Cc2ccccc2)S(=O)(=O)c2ccccc21. The van der Waals surface area contributed by atoms with Gasteiger partial charge in [-0.2, -0.15) is 0 Å². The second-order valence-corrected chi connectivity index (χ2v) is 7.96. The van der Waals surface area contributed by atoms with Crippen LogP contribution in [-0.4, -0.2) is 23.5 Å². The zero-order chi connectivity index (χ0) is 18.9. The van der Waals surface area contributed by atoms with Crippen molar-refractivity contribution in [3.63, 3.8) is 0 Å². The minimum Gasteiger partial charge on any atom is -0.287 e. The van der Waals surface area contributed by atoms with E-state index in [0.29, 0.717) is 5.56 Å². The number of Topliss-reactive ketones (excluding diaryl/α,β-unsaturated/α-hetero) is 1. The molecular weight excluding hydrogens is 360 g/mol. The molecule has 1 aromatic heterocycles. The summed E-state index contributed by atoms with van der Waals surface area (Å²) in [6.45, 7) is 0.0835. The van der Waals surface area contributed by atoms with Gasteiger partial charge in [-0.15, -0.1) is 0 Å². The first-order valence-corrected chi connectivity index (χ1v) is 9.83. The van der Waals surface area contributed by atoms with Gasteiger partial charge in [0.25, 0.3) is 10.0 Å². The molecule has 1 aliphatic rings. The molecule has 5 nitrogen and oxygen atoms in total. The van der Waals surface area contributed by atoms with Crippen LogP contribution in [0.1, 0.15) is 21.5 Å². The molecule has 1 aliphatic heterocycles. The largest absolute Gasteiger partial charge is 0.287 e. The van der Waals surface area contributed by atoms with Gasteiger partial charge in [-0.05, 0) is 41.5 Å². The highest BCUT2D eigenvalue weighted by Gasteiger charge is 2.39. The minimum absolute atomic E-state index is 0.0396. The van der Waals surface area contributed by atoms with E-state index in [9.17, 15) is 13.2 Å². The number of carbonyl (C=O) groups is 1. The number of ketones is 1. The molecule has 2 heterocycles. The van der Waals surface area contributed by atoms with Crippen molar-refractivity contribution in [2.24, 2.45) is 0 Å². The maximum absolute atomic E-state index is 13.3. The lowest BCUT2D eigenvalue weighted by Gasteiger charge is -2.31. The van der Waals surface area contributed by atoms with Crippen molar-refractivity contribution in [3.05, 3.63) is 102 Å². The number of nitrogens with zero attached hydrogens (tertiary/aromatic N) is 2. The maximum Gasteiger partial charge on any atom is 0.265 e. The summed E-state index contributed by atoms with van der Waals surface area (Å²) in [5.41, 5.74) is 1.83. The van der Waals surface area contributed by atoms with Crippen LogP contribution in [0.5, 0.6) is 0 Å². The van der Waals surface area contributed by atoms with Gasteiger partial charge in [-0.25, -0.2) is 8.42 Å². The number of sulfonamides is 1. The lowest BCUT2D eigenvalue weighted by Crippen LogP contribution is -2.38. The Morgan fingerprint density at radius 1 is 0.889 bits per heavy atom. The van der Waals surface area contributed by atoms with E-state index < -0.39 is 10.0 Å². The lowest BCUT2D eigenvalue weighted by molar-refractivity contribution is 0.100. The highest BCUT2D eigenvalue weighted by molar-refractivity contribution is 7.89. The second-order valence-electron chi connectivity index (χ2n) is 6.13. The van der Waals surface area contributed by atoms with Gasteiger partial charge in [0, 0.05) is 18.0 Å². The van der Waals surface area contributed by atoms with Gasteiger partial charge in [0.1, 0.15) is 5.70 Å². The van der Waals surface area contributed by atoms with Crippen LogP contribution in [0.2, 0.25) is 0 Å². The van der Waals surface area contributed by atoms with E-state index in [2.05, 4.69) is 4.98 Å². The predicted octanol–water partition coefficient (Wildman–Crippen LogP) is 3.51. The molecule has 0 N–H and O–H groups in total. The van der Waals surface area contributed by atoms with Crippen LogP contribution in [0.15, 0.2) is 89.7 Å². The first-order valence-electron chi connectivity index (χ1n) is 8.39.